The van der Waals surface area contributed by atoms with Crippen molar-refractivity contribution in [1.82, 2.24) is 19.7 Å². The number of hydrazone groups is 1. The van der Waals surface area contributed by atoms with E-state index in [9.17, 15) is 9.59 Å². The molecule has 0 fully saturated rings. The highest BCUT2D eigenvalue weighted by molar-refractivity contribution is 8.00. The first-order chi connectivity index (χ1) is 14.4. The van der Waals surface area contributed by atoms with Gasteiger partial charge in [0.15, 0.2) is 4.34 Å². The molecular weight excluding hydrogens is 424 g/mol. The molecule has 0 unspecified atom stereocenters. The summed E-state index contributed by atoms with van der Waals surface area (Å²) in [6, 6.07) is 7.12. The summed E-state index contributed by atoms with van der Waals surface area (Å²) in [6.45, 7) is 4.29. The van der Waals surface area contributed by atoms with Crippen molar-refractivity contribution in [3.63, 3.8) is 0 Å². The van der Waals surface area contributed by atoms with Crippen molar-refractivity contribution < 1.29 is 4.74 Å². The molecule has 0 aliphatic carbocycles. The molecule has 2 aromatic heterocycles. The zero-order valence-corrected chi connectivity index (χ0v) is 18.7. The van der Waals surface area contributed by atoms with Crippen LogP contribution in [0.5, 0.6) is 5.75 Å². The molecule has 158 valence electrons. The predicted octanol–water partition coefficient (Wildman–Crippen LogP) is 2.39. The van der Waals surface area contributed by atoms with Crippen LogP contribution in [0.2, 0.25) is 0 Å². The molecule has 3 rings (SSSR count). The number of hydrogen-bond acceptors (Lipinski definition) is 9. The third kappa shape index (κ3) is 5.16. The maximum Gasteiger partial charge on any atom is 0.329 e. The van der Waals surface area contributed by atoms with Crippen molar-refractivity contribution in [2.75, 3.05) is 18.7 Å². The van der Waals surface area contributed by atoms with Crippen LogP contribution < -0.4 is 21.0 Å². The maximum absolute atomic E-state index is 11.9. The number of benzene rings is 1. The van der Waals surface area contributed by atoms with Crippen LogP contribution in [0.25, 0.3) is 0 Å². The highest BCUT2D eigenvalue weighted by atomic mass is 32.2. The fourth-order valence-electron chi connectivity index (χ4n) is 2.60. The van der Waals surface area contributed by atoms with E-state index in [1.165, 1.54) is 13.1 Å². The van der Waals surface area contributed by atoms with Crippen molar-refractivity contribution in [3.05, 3.63) is 61.2 Å². The number of anilines is 1. The highest BCUT2D eigenvalue weighted by Gasteiger charge is 2.09. The molecular formula is C19H22N6O3S2. The molecule has 0 spiro atoms. The maximum atomic E-state index is 11.9. The number of aromatic nitrogens is 4. The average molecular weight is 447 g/mol. The summed E-state index contributed by atoms with van der Waals surface area (Å²) in [5, 5.41) is 15.1. The van der Waals surface area contributed by atoms with Crippen molar-refractivity contribution in [3.8, 4) is 5.75 Å². The number of aromatic amines is 1. The first-order valence-electron chi connectivity index (χ1n) is 9.13. The van der Waals surface area contributed by atoms with Gasteiger partial charge in [0, 0.05) is 31.0 Å². The molecule has 30 heavy (non-hydrogen) atoms. The van der Waals surface area contributed by atoms with Gasteiger partial charge in [0.1, 0.15) is 16.6 Å². The zero-order valence-electron chi connectivity index (χ0n) is 17.1. The number of nitrogens with zero attached hydrogens (tertiary/aromatic N) is 5. The van der Waals surface area contributed by atoms with Gasteiger partial charge in [-0.15, -0.1) is 10.2 Å². The number of H-pyrrole nitrogens is 1. The van der Waals surface area contributed by atoms with Gasteiger partial charge < -0.3 is 4.74 Å². The van der Waals surface area contributed by atoms with Crippen LogP contribution in [-0.4, -0.2) is 39.6 Å². The van der Waals surface area contributed by atoms with Crippen molar-refractivity contribution in [1.29, 1.82) is 0 Å². The summed E-state index contributed by atoms with van der Waals surface area (Å²) in [7, 11) is 3.06. The van der Waals surface area contributed by atoms with Gasteiger partial charge in [-0.05, 0) is 37.6 Å². The second-order valence-electron chi connectivity index (χ2n) is 6.26. The van der Waals surface area contributed by atoms with E-state index in [-0.39, 0.29) is 0 Å². The Morgan fingerprint density at radius 2 is 2.13 bits per heavy atom. The second kappa shape index (κ2) is 9.72. The van der Waals surface area contributed by atoms with E-state index in [0.717, 1.165) is 30.8 Å². The SMILES string of the molecule is CCN(/N=C\c1ccc(OC)c(CSc2nnc(C)s2)c1)c1cc(=O)n(C)c(=O)[nH]1. The van der Waals surface area contributed by atoms with Gasteiger partial charge in [0.05, 0.1) is 13.3 Å². The molecule has 0 atom stereocenters. The Morgan fingerprint density at radius 3 is 2.77 bits per heavy atom. The summed E-state index contributed by atoms with van der Waals surface area (Å²) >= 11 is 3.15. The Balaban J connectivity index is 1.81. The molecule has 2 heterocycles. The standard InChI is InChI=1S/C19H22N6O3S2/c1-5-25(16-9-17(26)24(3)18(27)21-16)20-10-13-6-7-15(28-4)14(8-13)11-29-19-23-22-12(2)30-19/h6-10H,5,11H2,1-4H3,(H,21,27)/b20-10-. The molecule has 0 radical (unpaired) electrons. The van der Waals surface area contributed by atoms with E-state index in [1.807, 2.05) is 32.0 Å². The van der Waals surface area contributed by atoms with Crippen LogP contribution in [0.1, 0.15) is 23.1 Å². The van der Waals surface area contributed by atoms with Crippen LogP contribution >= 0.6 is 23.1 Å². The minimum absolute atomic E-state index is 0.345. The lowest BCUT2D eigenvalue weighted by Crippen LogP contribution is -2.34. The van der Waals surface area contributed by atoms with Crippen molar-refractivity contribution in [2.24, 2.45) is 12.1 Å². The molecule has 3 aromatic rings. The summed E-state index contributed by atoms with van der Waals surface area (Å²) in [5.41, 5.74) is 0.994. The quantitative estimate of drug-likeness (QED) is 0.322. The molecule has 1 N–H and O–H groups in total. The molecule has 0 saturated heterocycles. The minimum Gasteiger partial charge on any atom is -0.496 e. The predicted molar refractivity (Wildman–Crippen MR) is 120 cm³/mol. The molecule has 0 aliphatic rings. The topological polar surface area (TPSA) is 105 Å². The monoisotopic (exact) mass is 446 g/mol. The highest BCUT2D eigenvalue weighted by Crippen LogP contribution is 2.30. The Bertz CT molecular complexity index is 1140. The number of aryl methyl sites for hydroxylation is 1. The molecule has 0 saturated carbocycles. The van der Waals surface area contributed by atoms with E-state index in [0.29, 0.717) is 18.1 Å². The van der Waals surface area contributed by atoms with E-state index < -0.39 is 11.2 Å². The van der Waals surface area contributed by atoms with Crippen LogP contribution in [0.15, 0.2) is 43.3 Å². The van der Waals surface area contributed by atoms with E-state index in [2.05, 4.69) is 20.3 Å². The third-order valence-electron chi connectivity index (χ3n) is 4.22. The second-order valence-corrected chi connectivity index (χ2v) is 8.67. The average Bonchev–Trinajstić information content (AvgIpc) is 3.16. The lowest BCUT2D eigenvalue weighted by Gasteiger charge is -2.16. The number of ether oxygens (including phenoxy) is 1. The fraction of sp³-hybridized carbons (Fsp3) is 0.316. The fourth-order valence-corrected chi connectivity index (χ4v) is 4.39. The van der Waals surface area contributed by atoms with Gasteiger partial charge in [-0.2, -0.15) is 5.10 Å². The summed E-state index contributed by atoms with van der Waals surface area (Å²) < 4.78 is 7.38. The number of rotatable bonds is 8. The van der Waals surface area contributed by atoms with Gasteiger partial charge in [-0.1, -0.05) is 23.1 Å². The zero-order chi connectivity index (χ0) is 21.7. The van der Waals surface area contributed by atoms with Crippen LogP contribution in [0.3, 0.4) is 0 Å². The van der Waals surface area contributed by atoms with Gasteiger partial charge in [-0.25, -0.2) is 9.80 Å². The normalized spacial score (nSPS) is 11.2. The minimum atomic E-state index is -0.484. The Morgan fingerprint density at radius 1 is 1.33 bits per heavy atom. The molecule has 9 nitrogen and oxygen atoms in total. The van der Waals surface area contributed by atoms with E-state index >= 15 is 0 Å². The largest absolute Gasteiger partial charge is 0.496 e. The molecule has 0 amide bonds. The Hall–Kier alpha value is -2.92. The van der Waals surface area contributed by atoms with Crippen molar-refractivity contribution in [2.45, 2.75) is 23.9 Å². The Kier molecular flexibility index (Phi) is 7.06. The molecule has 11 heteroatoms. The first-order valence-corrected chi connectivity index (χ1v) is 10.9. The van der Waals surface area contributed by atoms with Gasteiger partial charge >= 0.3 is 5.69 Å². The van der Waals surface area contributed by atoms with E-state index in [4.69, 9.17) is 4.74 Å². The summed E-state index contributed by atoms with van der Waals surface area (Å²) in [5.74, 6) is 1.81. The van der Waals surface area contributed by atoms with Gasteiger partial charge in [0.25, 0.3) is 5.56 Å². The van der Waals surface area contributed by atoms with Gasteiger partial charge in [-0.3, -0.25) is 14.3 Å². The summed E-state index contributed by atoms with van der Waals surface area (Å²) in [6.07, 6.45) is 1.68. The smallest absolute Gasteiger partial charge is 0.329 e. The first kappa shape index (κ1) is 21.8. The van der Waals surface area contributed by atoms with Crippen molar-refractivity contribution >= 4 is 35.1 Å². The number of thioether (sulfide) groups is 1. The van der Waals surface area contributed by atoms with Crippen LogP contribution in [0.4, 0.5) is 5.82 Å². The molecule has 0 bridgehead atoms. The number of methoxy groups -OCH3 is 1. The Labute approximate surface area is 181 Å². The van der Waals surface area contributed by atoms with Crippen LogP contribution in [-0.2, 0) is 12.8 Å². The molecule has 0 aliphatic heterocycles. The van der Waals surface area contributed by atoms with Crippen LogP contribution in [0, 0.1) is 6.92 Å². The van der Waals surface area contributed by atoms with Gasteiger partial charge in [0.2, 0.25) is 0 Å². The summed E-state index contributed by atoms with van der Waals surface area (Å²) in [4.78, 5) is 26.4. The number of hydrogen-bond donors (Lipinski definition) is 1. The molecule has 1 aromatic carbocycles. The third-order valence-corrected chi connectivity index (χ3v) is 6.24. The lowest BCUT2D eigenvalue weighted by molar-refractivity contribution is 0.411. The van der Waals surface area contributed by atoms with E-state index in [1.54, 1.807) is 41.4 Å². The lowest BCUT2D eigenvalue weighted by atomic mass is 10.1. The number of nitrogens with one attached hydrogen (secondary N) is 1.